The number of rotatable bonds is 5. The predicted molar refractivity (Wildman–Crippen MR) is 115 cm³/mol. The van der Waals surface area contributed by atoms with Crippen molar-refractivity contribution in [2.24, 2.45) is 0 Å². The first-order chi connectivity index (χ1) is 14.2. The van der Waals surface area contributed by atoms with Gasteiger partial charge < -0.3 is 10.2 Å². The van der Waals surface area contributed by atoms with Gasteiger partial charge in [-0.1, -0.05) is 30.3 Å². The third kappa shape index (κ3) is 5.00. The molecule has 0 aliphatic carbocycles. The van der Waals surface area contributed by atoms with Crippen molar-refractivity contribution < 1.29 is 9.18 Å². The first kappa shape index (κ1) is 19.2. The lowest BCUT2D eigenvalue weighted by Crippen LogP contribution is -2.45. The second kappa shape index (κ2) is 8.88. The van der Waals surface area contributed by atoms with E-state index in [1.807, 2.05) is 30.3 Å². The largest absolute Gasteiger partial charge is 0.369 e. The maximum absolute atomic E-state index is 13.0. The molecule has 0 aromatic heterocycles. The monoisotopic (exact) mass is 389 g/mol. The molecular weight excluding hydrogens is 365 g/mol. The summed E-state index contributed by atoms with van der Waals surface area (Å²) in [7, 11) is 0. The van der Waals surface area contributed by atoms with Gasteiger partial charge in [-0.25, -0.2) is 4.39 Å². The van der Waals surface area contributed by atoms with Gasteiger partial charge in [-0.15, -0.1) is 0 Å². The van der Waals surface area contributed by atoms with Crippen molar-refractivity contribution in [1.29, 1.82) is 0 Å². The van der Waals surface area contributed by atoms with Crippen molar-refractivity contribution >= 4 is 17.3 Å². The number of hydrogen-bond donors (Lipinski definition) is 1. The van der Waals surface area contributed by atoms with Crippen LogP contribution in [0.15, 0.2) is 78.9 Å². The van der Waals surface area contributed by atoms with Crippen LogP contribution in [0.3, 0.4) is 0 Å². The maximum atomic E-state index is 13.0. The van der Waals surface area contributed by atoms with E-state index >= 15 is 0 Å². The molecule has 4 nitrogen and oxygen atoms in total. The lowest BCUT2D eigenvalue weighted by Gasteiger charge is -2.36. The van der Waals surface area contributed by atoms with Gasteiger partial charge in [-0.2, -0.15) is 0 Å². The fourth-order valence-corrected chi connectivity index (χ4v) is 3.57. The normalized spacial score (nSPS) is 14.6. The number of benzene rings is 3. The van der Waals surface area contributed by atoms with Gasteiger partial charge in [0.25, 0.3) is 5.91 Å². The Morgan fingerprint density at radius 2 is 1.48 bits per heavy atom. The van der Waals surface area contributed by atoms with Crippen molar-refractivity contribution in [3.8, 4) is 0 Å². The summed E-state index contributed by atoms with van der Waals surface area (Å²) in [5.74, 6) is -0.595. The molecule has 148 valence electrons. The van der Waals surface area contributed by atoms with Crippen LogP contribution in [0.4, 0.5) is 15.8 Å². The number of carbonyl (C=O) groups excluding carboxylic acids is 1. The van der Waals surface area contributed by atoms with E-state index in [-0.39, 0.29) is 11.7 Å². The Labute approximate surface area is 170 Å². The minimum atomic E-state index is -0.352. The number of amides is 1. The minimum Gasteiger partial charge on any atom is -0.369 e. The van der Waals surface area contributed by atoms with Gasteiger partial charge >= 0.3 is 0 Å². The fourth-order valence-electron chi connectivity index (χ4n) is 3.57. The summed E-state index contributed by atoms with van der Waals surface area (Å²) < 4.78 is 13.0. The lowest BCUT2D eigenvalue weighted by atomic mass is 10.1. The highest BCUT2D eigenvalue weighted by Gasteiger charge is 2.17. The van der Waals surface area contributed by atoms with Crippen LogP contribution in [0.25, 0.3) is 0 Å². The Hall–Kier alpha value is -3.18. The van der Waals surface area contributed by atoms with Gasteiger partial charge in [0.15, 0.2) is 0 Å². The van der Waals surface area contributed by atoms with E-state index in [0.29, 0.717) is 5.56 Å². The van der Waals surface area contributed by atoms with Gasteiger partial charge in [-0.05, 0) is 54.1 Å². The molecule has 1 heterocycles. The second-order valence-electron chi connectivity index (χ2n) is 7.26. The molecule has 1 aliphatic heterocycles. The Morgan fingerprint density at radius 1 is 0.828 bits per heavy atom. The zero-order valence-electron chi connectivity index (χ0n) is 16.2. The van der Waals surface area contributed by atoms with Crippen molar-refractivity contribution in [2.75, 3.05) is 36.4 Å². The molecule has 0 unspecified atom stereocenters. The Kier molecular flexibility index (Phi) is 5.86. The molecule has 1 saturated heterocycles. The number of anilines is 2. The van der Waals surface area contributed by atoms with Gasteiger partial charge in [0.2, 0.25) is 0 Å². The highest BCUT2D eigenvalue weighted by Crippen LogP contribution is 2.20. The van der Waals surface area contributed by atoms with Crippen LogP contribution in [0.5, 0.6) is 0 Å². The summed E-state index contributed by atoms with van der Waals surface area (Å²) in [5.41, 5.74) is 3.67. The van der Waals surface area contributed by atoms with E-state index in [9.17, 15) is 9.18 Å². The number of carbonyl (C=O) groups is 1. The summed E-state index contributed by atoms with van der Waals surface area (Å²) in [6.45, 7) is 5.00. The SMILES string of the molecule is O=C(Nc1ccc(N2CCN(Cc3ccccc3)CC2)cc1)c1ccc(F)cc1. The van der Waals surface area contributed by atoms with Crippen LogP contribution in [0, 0.1) is 5.82 Å². The molecule has 4 rings (SSSR count). The van der Waals surface area contributed by atoms with Crippen molar-refractivity contribution in [3.63, 3.8) is 0 Å². The summed E-state index contributed by atoms with van der Waals surface area (Å²) in [4.78, 5) is 17.1. The van der Waals surface area contributed by atoms with Gasteiger partial charge in [0, 0.05) is 49.7 Å². The molecule has 0 spiro atoms. The van der Waals surface area contributed by atoms with Crippen molar-refractivity contribution in [1.82, 2.24) is 4.90 Å². The van der Waals surface area contributed by atoms with Crippen molar-refractivity contribution in [3.05, 3.63) is 95.8 Å². The Balaban J connectivity index is 1.30. The molecule has 1 amide bonds. The average Bonchev–Trinajstić information content (AvgIpc) is 2.76. The van der Waals surface area contributed by atoms with Crippen LogP contribution in [0.1, 0.15) is 15.9 Å². The van der Waals surface area contributed by atoms with E-state index in [4.69, 9.17) is 0 Å². The molecule has 3 aromatic rings. The highest BCUT2D eigenvalue weighted by atomic mass is 19.1. The first-order valence-corrected chi connectivity index (χ1v) is 9.85. The van der Waals surface area contributed by atoms with Gasteiger partial charge in [-0.3, -0.25) is 9.69 Å². The first-order valence-electron chi connectivity index (χ1n) is 9.85. The van der Waals surface area contributed by atoms with E-state index in [2.05, 4.69) is 39.4 Å². The number of nitrogens with one attached hydrogen (secondary N) is 1. The fraction of sp³-hybridized carbons (Fsp3) is 0.208. The van der Waals surface area contributed by atoms with Crippen LogP contribution in [0.2, 0.25) is 0 Å². The Morgan fingerprint density at radius 3 is 2.14 bits per heavy atom. The van der Waals surface area contributed by atoms with Crippen molar-refractivity contribution in [2.45, 2.75) is 6.54 Å². The van der Waals surface area contributed by atoms with Crippen LogP contribution in [-0.2, 0) is 6.54 Å². The third-order valence-corrected chi connectivity index (χ3v) is 5.22. The molecule has 29 heavy (non-hydrogen) atoms. The second-order valence-corrected chi connectivity index (χ2v) is 7.26. The van der Waals surface area contributed by atoms with E-state index in [1.165, 1.54) is 29.8 Å². The summed E-state index contributed by atoms with van der Waals surface area (Å²) in [6, 6.07) is 24.0. The van der Waals surface area contributed by atoms with Crippen LogP contribution < -0.4 is 10.2 Å². The third-order valence-electron chi connectivity index (χ3n) is 5.22. The average molecular weight is 389 g/mol. The van der Waals surface area contributed by atoms with Crippen LogP contribution >= 0.6 is 0 Å². The van der Waals surface area contributed by atoms with E-state index in [0.717, 1.165) is 44.1 Å². The highest BCUT2D eigenvalue weighted by molar-refractivity contribution is 6.04. The zero-order valence-corrected chi connectivity index (χ0v) is 16.2. The topological polar surface area (TPSA) is 35.6 Å². The molecule has 0 bridgehead atoms. The quantitative estimate of drug-likeness (QED) is 0.703. The number of piperazine rings is 1. The summed E-state index contributed by atoms with van der Waals surface area (Å²) in [5, 5.41) is 2.85. The zero-order chi connectivity index (χ0) is 20.1. The maximum Gasteiger partial charge on any atom is 0.255 e. The standard InChI is InChI=1S/C24H24FN3O/c25-21-8-6-20(7-9-21)24(29)26-22-10-12-23(13-11-22)28-16-14-27(15-17-28)18-19-4-2-1-3-5-19/h1-13H,14-18H2,(H,26,29). The Bertz CT molecular complexity index is 934. The lowest BCUT2D eigenvalue weighted by molar-refractivity contribution is 0.102. The molecule has 1 aliphatic rings. The molecule has 3 aromatic carbocycles. The smallest absolute Gasteiger partial charge is 0.255 e. The van der Waals surface area contributed by atoms with Crippen LogP contribution in [-0.4, -0.2) is 37.0 Å². The van der Waals surface area contributed by atoms with E-state index < -0.39 is 0 Å². The molecule has 5 heteroatoms. The molecule has 1 fully saturated rings. The molecular formula is C24H24FN3O. The molecule has 0 radical (unpaired) electrons. The number of hydrogen-bond acceptors (Lipinski definition) is 3. The minimum absolute atomic E-state index is 0.243. The summed E-state index contributed by atoms with van der Waals surface area (Å²) >= 11 is 0. The van der Waals surface area contributed by atoms with Gasteiger partial charge in [0.05, 0.1) is 0 Å². The predicted octanol–water partition coefficient (Wildman–Crippen LogP) is 4.40. The molecule has 0 saturated carbocycles. The van der Waals surface area contributed by atoms with E-state index in [1.54, 1.807) is 0 Å². The summed E-state index contributed by atoms with van der Waals surface area (Å²) in [6.07, 6.45) is 0. The number of halogens is 1. The molecule has 1 N–H and O–H groups in total. The van der Waals surface area contributed by atoms with Gasteiger partial charge in [0.1, 0.15) is 5.82 Å². The molecule has 0 atom stereocenters. The number of nitrogens with zero attached hydrogens (tertiary/aromatic N) is 2.